The molecule has 176 valence electrons. The standard InChI is InChI=1S/C26H23N5O3S/c1-33-22-11-8-19(15-23(22)34-17-20-16-30-13-4-3-5-24(30)28-20)29-25(32)18-6-9-21(10-7-18)31-14-12-27-26(31)35-2/h3-16H,17H2,1-2H3,(H,29,32). The lowest BCUT2D eigenvalue weighted by Gasteiger charge is -2.13. The predicted molar refractivity (Wildman–Crippen MR) is 136 cm³/mol. The fourth-order valence-electron chi connectivity index (χ4n) is 3.69. The number of hydrogen-bond donors (Lipinski definition) is 1. The van der Waals surface area contributed by atoms with E-state index >= 15 is 0 Å². The molecule has 0 saturated carbocycles. The summed E-state index contributed by atoms with van der Waals surface area (Å²) in [6.07, 6.45) is 9.48. The molecule has 0 fully saturated rings. The number of nitrogens with zero attached hydrogens (tertiary/aromatic N) is 4. The quantitative estimate of drug-likeness (QED) is 0.309. The van der Waals surface area contributed by atoms with Crippen molar-refractivity contribution >= 4 is 29.0 Å². The van der Waals surface area contributed by atoms with Gasteiger partial charge >= 0.3 is 0 Å². The summed E-state index contributed by atoms with van der Waals surface area (Å²) in [5.41, 5.74) is 3.72. The molecule has 0 radical (unpaired) electrons. The molecular weight excluding hydrogens is 462 g/mol. The number of imidazole rings is 2. The minimum absolute atomic E-state index is 0.219. The Hall–Kier alpha value is -4.24. The van der Waals surface area contributed by atoms with Crippen LogP contribution >= 0.6 is 11.8 Å². The fourth-order valence-corrected chi connectivity index (χ4v) is 4.22. The number of ether oxygens (including phenoxy) is 2. The third kappa shape index (κ3) is 4.85. The van der Waals surface area contributed by atoms with Gasteiger partial charge < -0.3 is 19.2 Å². The second-order valence-corrected chi connectivity index (χ2v) is 8.41. The SMILES string of the molecule is COc1ccc(NC(=O)c2ccc(-n3ccnc3SC)cc2)cc1OCc1cn2ccccc2n1. The number of aromatic nitrogens is 4. The highest BCUT2D eigenvalue weighted by molar-refractivity contribution is 7.98. The third-order valence-corrected chi connectivity index (χ3v) is 6.08. The van der Waals surface area contributed by atoms with Crippen LogP contribution in [0.4, 0.5) is 5.69 Å². The molecule has 35 heavy (non-hydrogen) atoms. The van der Waals surface area contributed by atoms with Crippen LogP contribution < -0.4 is 14.8 Å². The highest BCUT2D eigenvalue weighted by Crippen LogP contribution is 2.31. The molecule has 3 heterocycles. The fraction of sp³-hybridized carbons (Fsp3) is 0.115. The summed E-state index contributed by atoms with van der Waals surface area (Å²) in [5.74, 6) is 0.868. The van der Waals surface area contributed by atoms with E-state index in [-0.39, 0.29) is 12.5 Å². The summed E-state index contributed by atoms with van der Waals surface area (Å²) >= 11 is 1.56. The number of pyridine rings is 1. The first-order valence-corrected chi connectivity index (χ1v) is 12.1. The van der Waals surface area contributed by atoms with Crippen molar-refractivity contribution in [2.24, 2.45) is 0 Å². The zero-order valence-corrected chi connectivity index (χ0v) is 20.0. The van der Waals surface area contributed by atoms with Gasteiger partial charge in [-0.2, -0.15) is 0 Å². The minimum Gasteiger partial charge on any atom is -0.493 e. The Morgan fingerprint density at radius 2 is 1.91 bits per heavy atom. The van der Waals surface area contributed by atoms with E-state index in [0.29, 0.717) is 22.7 Å². The number of hydrogen-bond acceptors (Lipinski definition) is 6. The monoisotopic (exact) mass is 485 g/mol. The normalized spacial score (nSPS) is 10.9. The molecule has 0 unspecified atom stereocenters. The van der Waals surface area contributed by atoms with Gasteiger partial charge in [0.15, 0.2) is 16.7 Å². The van der Waals surface area contributed by atoms with Crippen LogP contribution in [0.5, 0.6) is 11.5 Å². The number of anilines is 1. The van der Waals surface area contributed by atoms with Crippen LogP contribution in [-0.2, 0) is 6.61 Å². The minimum atomic E-state index is -0.219. The number of carbonyl (C=O) groups is 1. The number of thioether (sulfide) groups is 1. The molecular formula is C26H23N5O3S. The van der Waals surface area contributed by atoms with E-state index in [1.165, 1.54) is 0 Å². The molecule has 0 atom stereocenters. The zero-order chi connectivity index (χ0) is 24.2. The van der Waals surface area contributed by atoms with Gasteiger partial charge in [-0.25, -0.2) is 9.97 Å². The summed E-state index contributed by atoms with van der Waals surface area (Å²) < 4.78 is 15.3. The molecule has 0 aliphatic rings. The van der Waals surface area contributed by atoms with Gasteiger partial charge in [0.05, 0.1) is 12.8 Å². The van der Waals surface area contributed by atoms with Gasteiger partial charge in [0, 0.05) is 47.8 Å². The van der Waals surface area contributed by atoms with Crippen LogP contribution in [0, 0.1) is 0 Å². The maximum atomic E-state index is 12.9. The summed E-state index contributed by atoms with van der Waals surface area (Å²) in [6.45, 7) is 0.267. The lowest BCUT2D eigenvalue weighted by atomic mass is 10.2. The Bertz CT molecular complexity index is 1440. The third-order valence-electron chi connectivity index (χ3n) is 5.41. The van der Waals surface area contributed by atoms with E-state index in [2.05, 4.69) is 15.3 Å². The lowest BCUT2D eigenvalue weighted by molar-refractivity contribution is 0.102. The highest BCUT2D eigenvalue weighted by atomic mass is 32.2. The molecule has 1 N–H and O–H groups in total. The van der Waals surface area contributed by atoms with Gasteiger partial charge in [-0.1, -0.05) is 17.8 Å². The Labute approximate surface area is 206 Å². The maximum absolute atomic E-state index is 12.9. The molecule has 0 aliphatic carbocycles. The number of benzene rings is 2. The second-order valence-electron chi connectivity index (χ2n) is 7.64. The average molecular weight is 486 g/mol. The molecule has 0 bridgehead atoms. The van der Waals surface area contributed by atoms with Gasteiger partial charge in [-0.3, -0.25) is 9.36 Å². The number of fused-ring (bicyclic) bond motifs is 1. The molecule has 1 amide bonds. The molecule has 8 nitrogen and oxygen atoms in total. The number of rotatable bonds is 8. The van der Waals surface area contributed by atoms with Crippen LogP contribution in [0.25, 0.3) is 11.3 Å². The van der Waals surface area contributed by atoms with Crippen molar-refractivity contribution in [3.8, 4) is 17.2 Å². The van der Waals surface area contributed by atoms with E-state index in [1.807, 2.05) is 64.1 Å². The van der Waals surface area contributed by atoms with E-state index in [1.54, 1.807) is 55.4 Å². The topological polar surface area (TPSA) is 82.7 Å². The maximum Gasteiger partial charge on any atom is 0.255 e. The van der Waals surface area contributed by atoms with Crippen molar-refractivity contribution in [2.75, 3.05) is 18.7 Å². The molecule has 2 aromatic carbocycles. The van der Waals surface area contributed by atoms with Crippen LogP contribution in [-0.4, -0.2) is 38.2 Å². The molecule has 9 heteroatoms. The van der Waals surface area contributed by atoms with Gasteiger partial charge in [0.1, 0.15) is 12.3 Å². The molecule has 5 rings (SSSR count). The highest BCUT2D eigenvalue weighted by Gasteiger charge is 2.12. The van der Waals surface area contributed by atoms with Gasteiger partial charge in [0.25, 0.3) is 5.91 Å². The van der Waals surface area contributed by atoms with Crippen molar-refractivity contribution < 1.29 is 14.3 Å². The molecule has 3 aromatic heterocycles. The molecule has 0 aliphatic heterocycles. The van der Waals surface area contributed by atoms with E-state index in [9.17, 15) is 4.79 Å². The van der Waals surface area contributed by atoms with Crippen molar-refractivity contribution in [2.45, 2.75) is 11.8 Å². The number of nitrogens with one attached hydrogen (secondary N) is 1. The number of carbonyl (C=O) groups excluding carboxylic acids is 1. The van der Waals surface area contributed by atoms with Crippen molar-refractivity contribution in [3.63, 3.8) is 0 Å². The first-order valence-electron chi connectivity index (χ1n) is 10.9. The molecule has 5 aromatic rings. The largest absolute Gasteiger partial charge is 0.493 e. The van der Waals surface area contributed by atoms with Crippen LogP contribution in [0.15, 0.2) is 90.6 Å². The van der Waals surface area contributed by atoms with E-state index < -0.39 is 0 Å². The Kier molecular flexibility index (Phi) is 6.40. The molecule has 0 spiro atoms. The van der Waals surface area contributed by atoms with Crippen molar-refractivity contribution in [1.82, 2.24) is 18.9 Å². The van der Waals surface area contributed by atoms with Gasteiger partial charge in [-0.05, 0) is 54.8 Å². The summed E-state index contributed by atoms with van der Waals surface area (Å²) in [7, 11) is 1.58. The van der Waals surface area contributed by atoms with E-state index in [0.717, 1.165) is 22.2 Å². The predicted octanol–water partition coefficient (Wildman–Crippen LogP) is 5.08. The van der Waals surface area contributed by atoms with Gasteiger partial charge in [0.2, 0.25) is 0 Å². The Morgan fingerprint density at radius 3 is 2.69 bits per heavy atom. The summed E-state index contributed by atoms with van der Waals surface area (Å²) in [5, 5.41) is 3.81. The van der Waals surface area contributed by atoms with Gasteiger partial charge in [-0.15, -0.1) is 0 Å². The Morgan fingerprint density at radius 1 is 1.06 bits per heavy atom. The van der Waals surface area contributed by atoms with E-state index in [4.69, 9.17) is 9.47 Å². The summed E-state index contributed by atoms with van der Waals surface area (Å²) in [4.78, 5) is 21.7. The summed E-state index contributed by atoms with van der Waals surface area (Å²) in [6, 6.07) is 18.5. The average Bonchev–Trinajstić information content (AvgIpc) is 3.54. The first kappa shape index (κ1) is 22.5. The first-order chi connectivity index (χ1) is 17.1. The molecule has 0 saturated heterocycles. The number of amides is 1. The van der Waals surface area contributed by atoms with Crippen LogP contribution in [0.3, 0.4) is 0 Å². The van der Waals surface area contributed by atoms with Crippen LogP contribution in [0.2, 0.25) is 0 Å². The second kappa shape index (κ2) is 9.94. The number of methoxy groups -OCH3 is 1. The van der Waals surface area contributed by atoms with Crippen LogP contribution in [0.1, 0.15) is 16.1 Å². The van der Waals surface area contributed by atoms with Crippen molar-refractivity contribution in [1.29, 1.82) is 0 Å². The lowest BCUT2D eigenvalue weighted by Crippen LogP contribution is -2.12. The Balaban J connectivity index is 1.29. The van der Waals surface area contributed by atoms with Crippen molar-refractivity contribution in [3.05, 3.63) is 96.7 Å². The smallest absolute Gasteiger partial charge is 0.255 e. The zero-order valence-electron chi connectivity index (χ0n) is 19.2.